The molecule has 1 unspecified atom stereocenters. The van der Waals surface area contributed by atoms with Crippen LogP contribution in [0, 0.1) is 0 Å². The maximum Gasteiger partial charge on any atom is 0.251 e. The first-order valence-electron chi connectivity index (χ1n) is 8.73. The zero-order valence-corrected chi connectivity index (χ0v) is 16.8. The number of fused-ring (bicyclic) bond motifs is 1. The number of nitrogens with one attached hydrogen (secondary N) is 1. The molecule has 27 heavy (non-hydrogen) atoms. The van der Waals surface area contributed by atoms with Gasteiger partial charge in [-0.25, -0.2) is 0 Å². The van der Waals surface area contributed by atoms with Crippen LogP contribution in [-0.4, -0.2) is 30.3 Å². The van der Waals surface area contributed by atoms with Crippen LogP contribution in [0.25, 0.3) is 11.0 Å². The summed E-state index contributed by atoms with van der Waals surface area (Å²) in [6, 6.07) is 16.6. The molecule has 0 saturated heterocycles. The molecule has 3 rings (SSSR count). The molecule has 0 bridgehead atoms. The molecule has 1 heterocycles. The van der Waals surface area contributed by atoms with E-state index in [1.165, 1.54) is 0 Å². The monoisotopic (exact) mass is 428 g/mol. The lowest BCUT2D eigenvalue weighted by atomic mass is 10.2. The molecular formula is C21H21BrN2O3. The van der Waals surface area contributed by atoms with Gasteiger partial charge >= 0.3 is 0 Å². The Kier molecular flexibility index (Phi) is 5.96. The van der Waals surface area contributed by atoms with Crippen LogP contribution in [0.1, 0.15) is 35.5 Å². The van der Waals surface area contributed by atoms with Crippen molar-refractivity contribution in [3.63, 3.8) is 0 Å². The zero-order chi connectivity index (χ0) is 19.4. The molecule has 0 aliphatic carbocycles. The molecule has 0 fully saturated rings. The quantitative estimate of drug-likeness (QED) is 0.626. The predicted octanol–water partition coefficient (Wildman–Crippen LogP) is 4.53. The van der Waals surface area contributed by atoms with Crippen molar-refractivity contribution in [2.75, 3.05) is 13.6 Å². The van der Waals surface area contributed by atoms with E-state index in [0.29, 0.717) is 5.56 Å². The van der Waals surface area contributed by atoms with E-state index in [4.69, 9.17) is 4.42 Å². The van der Waals surface area contributed by atoms with E-state index in [1.54, 1.807) is 24.1 Å². The number of halogens is 1. The molecule has 140 valence electrons. The molecule has 3 aromatic rings. The lowest BCUT2D eigenvalue weighted by Crippen LogP contribution is -2.33. The second kappa shape index (κ2) is 8.39. The summed E-state index contributed by atoms with van der Waals surface area (Å²) in [6.45, 7) is 2.21. The lowest BCUT2D eigenvalue weighted by molar-refractivity contribution is -0.131. The van der Waals surface area contributed by atoms with E-state index in [-0.39, 0.29) is 30.8 Å². The van der Waals surface area contributed by atoms with Crippen LogP contribution in [0.5, 0.6) is 0 Å². The zero-order valence-electron chi connectivity index (χ0n) is 15.2. The van der Waals surface area contributed by atoms with E-state index in [2.05, 4.69) is 21.2 Å². The molecule has 6 heteroatoms. The van der Waals surface area contributed by atoms with Crippen LogP contribution in [0.2, 0.25) is 0 Å². The number of rotatable bonds is 6. The third kappa shape index (κ3) is 4.57. The molecule has 1 atom stereocenters. The van der Waals surface area contributed by atoms with Crippen LogP contribution in [0.4, 0.5) is 0 Å². The number of carbonyl (C=O) groups excluding carboxylic acids is 2. The summed E-state index contributed by atoms with van der Waals surface area (Å²) in [5.74, 6) is 0.494. The molecule has 0 aliphatic rings. The van der Waals surface area contributed by atoms with Gasteiger partial charge in [0.15, 0.2) is 0 Å². The van der Waals surface area contributed by atoms with E-state index >= 15 is 0 Å². The van der Waals surface area contributed by atoms with E-state index < -0.39 is 0 Å². The van der Waals surface area contributed by atoms with Gasteiger partial charge in [-0.1, -0.05) is 34.1 Å². The molecule has 0 spiro atoms. The van der Waals surface area contributed by atoms with Crippen molar-refractivity contribution in [1.29, 1.82) is 0 Å². The summed E-state index contributed by atoms with van der Waals surface area (Å²) in [6.07, 6.45) is 0.226. The minimum atomic E-state index is -0.191. The summed E-state index contributed by atoms with van der Waals surface area (Å²) in [7, 11) is 1.75. The first kappa shape index (κ1) is 19.2. The highest BCUT2D eigenvalue weighted by Crippen LogP contribution is 2.26. The van der Waals surface area contributed by atoms with Crippen molar-refractivity contribution < 1.29 is 14.0 Å². The number of para-hydroxylation sites is 1. The highest BCUT2D eigenvalue weighted by atomic mass is 79.9. The average molecular weight is 429 g/mol. The summed E-state index contributed by atoms with van der Waals surface area (Å²) < 4.78 is 6.76. The van der Waals surface area contributed by atoms with Gasteiger partial charge in [-0.15, -0.1) is 0 Å². The predicted molar refractivity (Wildman–Crippen MR) is 108 cm³/mol. The Hall–Kier alpha value is -2.60. The Labute approximate surface area is 166 Å². The summed E-state index contributed by atoms with van der Waals surface area (Å²) in [4.78, 5) is 26.2. The Morgan fingerprint density at radius 3 is 2.56 bits per heavy atom. The minimum Gasteiger partial charge on any atom is -0.459 e. The number of hydrogen-bond acceptors (Lipinski definition) is 3. The fourth-order valence-corrected chi connectivity index (χ4v) is 3.04. The van der Waals surface area contributed by atoms with Crippen LogP contribution in [-0.2, 0) is 4.79 Å². The van der Waals surface area contributed by atoms with Crippen molar-refractivity contribution in [3.8, 4) is 0 Å². The Bertz CT molecular complexity index is 916. The molecule has 1 N–H and O–H groups in total. The molecule has 2 aromatic carbocycles. The van der Waals surface area contributed by atoms with Crippen LogP contribution in [0.3, 0.4) is 0 Å². The van der Waals surface area contributed by atoms with Crippen molar-refractivity contribution in [2.45, 2.75) is 19.4 Å². The van der Waals surface area contributed by atoms with Crippen molar-refractivity contribution >= 4 is 38.7 Å². The maximum absolute atomic E-state index is 12.5. The van der Waals surface area contributed by atoms with Gasteiger partial charge in [0.1, 0.15) is 11.3 Å². The van der Waals surface area contributed by atoms with Gasteiger partial charge in [0, 0.05) is 35.4 Å². The molecule has 1 aromatic heterocycles. The molecule has 5 nitrogen and oxygen atoms in total. The highest BCUT2D eigenvalue weighted by Gasteiger charge is 2.20. The average Bonchev–Trinajstić information content (AvgIpc) is 3.11. The number of carbonyl (C=O) groups is 2. The summed E-state index contributed by atoms with van der Waals surface area (Å²) in [5.41, 5.74) is 1.37. The van der Waals surface area contributed by atoms with Gasteiger partial charge in [-0.3, -0.25) is 9.59 Å². The summed E-state index contributed by atoms with van der Waals surface area (Å²) in [5, 5.41) is 3.79. The van der Waals surface area contributed by atoms with E-state index in [0.717, 1.165) is 21.2 Å². The molecule has 0 aliphatic heterocycles. The van der Waals surface area contributed by atoms with Crippen LogP contribution >= 0.6 is 15.9 Å². The third-order valence-electron chi connectivity index (χ3n) is 4.56. The molecule has 2 amide bonds. The van der Waals surface area contributed by atoms with Crippen molar-refractivity contribution in [2.24, 2.45) is 0 Å². The number of amides is 2. The molecule has 0 radical (unpaired) electrons. The Balaban J connectivity index is 1.53. The number of benzene rings is 2. The van der Waals surface area contributed by atoms with Gasteiger partial charge < -0.3 is 14.6 Å². The third-order valence-corrected chi connectivity index (χ3v) is 5.09. The SMILES string of the molecule is CC(c1cc2ccccc2o1)N(C)C(=O)CCNC(=O)c1ccc(Br)cc1. The lowest BCUT2D eigenvalue weighted by Gasteiger charge is -2.23. The van der Waals surface area contributed by atoms with Gasteiger partial charge in [0.2, 0.25) is 5.91 Å². The number of furan rings is 1. The van der Waals surface area contributed by atoms with E-state index in [9.17, 15) is 9.59 Å². The van der Waals surface area contributed by atoms with Crippen LogP contribution in [0.15, 0.2) is 63.5 Å². The fraction of sp³-hybridized carbons (Fsp3) is 0.238. The van der Waals surface area contributed by atoms with Crippen molar-refractivity contribution in [1.82, 2.24) is 10.2 Å². The Morgan fingerprint density at radius 1 is 1.15 bits per heavy atom. The molecule has 0 saturated carbocycles. The van der Waals surface area contributed by atoms with Crippen LogP contribution < -0.4 is 5.32 Å². The standard InChI is InChI=1S/C21H21BrN2O3/c1-14(19-13-16-5-3-4-6-18(16)27-19)24(2)20(25)11-12-23-21(26)15-7-9-17(22)10-8-15/h3-10,13-14H,11-12H2,1-2H3,(H,23,26). The van der Waals surface area contributed by atoms with Crippen molar-refractivity contribution in [3.05, 3.63) is 70.4 Å². The first-order chi connectivity index (χ1) is 13.0. The highest BCUT2D eigenvalue weighted by molar-refractivity contribution is 9.10. The van der Waals surface area contributed by atoms with Gasteiger partial charge in [0.05, 0.1) is 6.04 Å². The second-order valence-electron chi connectivity index (χ2n) is 6.38. The number of hydrogen-bond donors (Lipinski definition) is 1. The minimum absolute atomic E-state index is 0.0564. The largest absolute Gasteiger partial charge is 0.459 e. The Morgan fingerprint density at radius 2 is 1.85 bits per heavy atom. The van der Waals surface area contributed by atoms with Gasteiger partial charge in [0.25, 0.3) is 5.91 Å². The maximum atomic E-state index is 12.5. The first-order valence-corrected chi connectivity index (χ1v) is 9.53. The number of nitrogens with zero attached hydrogens (tertiary/aromatic N) is 1. The van der Waals surface area contributed by atoms with Gasteiger partial charge in [-0.05, 0) is 43.3 Å². The summed E-state index contributed by atoms with van der Waals surface area (Å²) >= 11 is 3.34. The van der Waals surface area contributed by atoms with Gasteiger partial charge in [-0.2, -0.15) is 0 Å². The van der Waals surface area contributed by atoms with E-state index in [1.807, 2.05) is 49.4 Å². The topological polar surface area (TPSA) is 62.6 Å². The normalized spacial score (nSPS) is 12.0. The fourth-order valence-electron chi connectivity index (χ4n) is 2.78. The molecular weight excluding hydrogens is 408 g/mol. The smallest absolute Gasteiger partial charge is 0.251 e. The second-order valence-corrected chi connectivity index (χ2v) is 7.30.